The van der Waals surface area contributed by atoms with E-state index in [-0.39, 0.29) is 19.0 Å². The first-order valence-corrected chi connectivity index (χ1v) is 6.55. The summed E-state index contributed by atoms with van der Waals surface area (Å²) in [6, 6.07) is 5.29. The fourth-order valence-corrected chi connectivity index (χ4v) is 2.85. The summed E-state index contributed by atoms with van der Waals surface area (Å²) >= 11 is 6.63. The van der Waals surface area contributed by atoms with Crippen LogP contribution in [0.1, 0.15) is 10.4 Å². The lowest BCUT2D eigenvalue weighted by atomic mass is 9.99. The van der Waals surface area contributed by atoms with Gasteiger partial charge in [0.1, 0.15) is 0 Å². The summed E-state index contributed by atoms with van der Waals surface area (Å²) in [5, 5.41) is 8.74. The number of halogens is 2. The van der Waals surface area contributed by atoms with Gasteiger partial charge in [0, 0.05) is 22.0 Å². The Morgan fingerprint density at radius 3 is 2.47 bits per heavy atom. The number of nitrogens with zero attached hydrogens (tertiary/aromatic N) is 1. The Morgan fingerprint density at radius 2 is 1.94 bits per heavy atom. The third kappa shape index (κ3) is 2.52. The van der Waals surface area contributed by atoms with Crippen molar-refractivity contribution >= 4 is 43.7 Å². The molecule has 0 atom stereocenters. The van der Waals surface area contributed by atoms with Crippen LogP contribution in [-0.4, -0.2) is 35.0 Å². The Balaban J connectivity index is 2.09. The molecule has 0 aliphatic carbocycles. The van der Waals surface area contributed by atoms with E-state index < -0.39 is 11.9 Å². The van der Waals surface area contributed by atoms with Gasteiger partial charge >= 0.3 is 5.97 Å². The van der Waals surface area contributed by atoms with Crippen LogP contribution >= 0.6 is 31.9 Å². The minimum atomic E-state index is -0.844. The van der Waals surface area contributed by atoms with Gasteiger partial charge in [0.2, 0.25) is 0 Å². The second kappa shape index (κ2) is 4.78. The third-order valence-electron chi connectivity index (χ3n) is 2.68. The Morgan fingerprint density at radius 1 is 1.29 bits per heavy atom. The lowest BCUT2D eigenvalue weighted by Gasteiger charge is -2.36. The lowest BCUT2D eigenvalue weighted by molar-refractivity contribution is -0.146. The highest BCUT2D eigenvalue weighted by molar-refractivity contribution is 9.11. The predicted molar refractivity (Wildman–Crippen MR) is 68.9 cm³/mol. The number of benzene rings is 1. The van der Waals surface area contributed by atoms with Crippen LogP contribution in [0, 0.1) is 5.92 Å². The van der Waals surface area contributed by atoms with Crippen molar-refractivity contribution in [2.24, 2.45) is 5.92 Å². The number of aliphatic carboxylic acids is 1. The summed E-state index contributed by atoms with van der Waals surface area (Å²) in [5.74, 6) is -1.40. The molecule has 90 valence electrons. The van der Waals surface area contributed by atoms with Crippen LogP contribution in [0.25, 0.3) is 0 Å². The van der Waals surface area contributed by atoms with Crippen molar-refractivity contribution in [1.82, 2.24) is 4.90 Å². The highest BCUT2D eigenvalue weighted by Crippen LogP contribution is 2.26. The summed E-state index contributed by atoms with van der Waals surface area (Å²) in [6.07, 6.45) is 0. The number of rotatable bonds is 2. The Labute approximate surface area is 115 Å². The van der Waals surface area contributed by atoms with Crippen molar-refractivity contribution in [2.45, 2.75) is 0 Å². The van der Waals surface area contributed by atoms with Crippen molar-refractivity contribution in [1.29, 1.82) is 0 Å². The molecule has 0 bridgehead atoms. The van der Waals surface area contributed by atoms with Gasteiger partial charge in [0.25, 0.3) is 5.91 Å². The van der Waals surface area contributed by atoms with E-state index in [0.29, 0.717) is 10.0 Å². The zero-order valence-electron chi connectivity index (χ0n) is 8.69. The van der Waals surface area contributed by atoms with Gasteiger partial charge in [-0.25, -0.2) is 0 Å². The Kier molecular flexibility index (Phi) is 3.53. The quantitative estimate of drug-likeness (QED) is 0.878. The number of carboxylic acid groups (broad SMARTS) is 1. The number of likely N-dealkylation sites (tertiary alicyclic amines) is 1. The van der Waals surface area contributed by atoms with E-state index in [9.17, 15) is 9.59 Å². The molecule has 2 rings (SSSR count). The molecule has 1 N–H and O–H groups in total. The van der Waals surface area contributed by atoms with Gasteiger partial charge in [-0.15, -0.1) is 0 Å². The van der Waals surface area contributed by atoms with E-state index in [4.69, 9.17) is 5.11 Å². The number of carbonyl (C=O) groups excluding carboxylic acids is 1. The number of hydrogen-bond donors (Lipinski definition) is 1. The highest BCUT2D eigenvalue weighted by atomic mass is 79.9. The third-order valence-corrected chi connectivity index (χ3v) is 3.83. The summed E-state index contributed by atoms with van der Waals surface area (Å²) in [4.78, 5) is 24.2. The standard InChI is InChI=1S/C11H9Br2NO3/c12-7-1-2-8(9(13)3-7)10(15)14-4-6(5-14)11(16)17/h1-3,6H,4-5H2,(H,16,17). The fourth-order valence-electron chi connectivity index (χ4n) is 1.63. The Bertz CT molecular complexity index is 484. The Hall–Kier alpha value is -0.880. The molecule has 1 fully saturated rings. The van der Waals surface area contributed by atoms with Crippen molar-refractivity contribution in [3.05, 3.63) is 32.7 Å². The molecular formula is C11H9Br2NO3. The number of carboxylic acids is 1. The van der Waals surface area contributed by atoms with Crippen LogP contribution in [0.3, 0.4) is 0 Å². The van der Waals surface area contributed by atoms with Crippen LogP contribution in [0.15, 0.2) is 27.1 Å². The summed E-state index contributed by atoms with van der Waals surface area (Å²) < 4.78 is 1.59. The number of carbonyl (C=O) groups is 2. The second-order valence-corrected chi connectivity index (χ2v) is 5.64. The van der Waals surface area contributed by atoms with E-state index in [0.717, 1.165) is 4.47 Å². The smallest absolute Gasteiger partial charge is 0.310 e. The molecule has 1 aromatic carbocycles. The monoisotopic (exact) mass is 361 g/mol. The van der Waals surface area contributed by atoms with Crippen LogP contribution in [0.2, 0.25) is 0 Å². The molecule has 4 nitrogen and oxygen atoms in total. The van der Waals surface area contributed by atoms with Gasteiger partial charge in [0.05, 0.1) is 11.5 Å². The van der Waals surface area contributed by atoms with E-state index >= 15 is 0 Å². The van der Waals surface area contributed by atoms with E-state index in [2.05, 4.69) is 31.9 Å². The minimum Gasteiger partial charge on any atom is -0.481 e. The molecule has 6 heteroatoms. The molecule has 1 saturated heterocycles. The van der Waals surface area contributed by atoms with Crippen molar-refractivity contribution in [3.63, 3.8) is 0 Å². The molecule has 0 unspecified atom stereocenters. The molecule has 1 aliphatic rings. The second-order valence-electron chi connectivity index (χ2n) is 3.87. The SMILES string of the molecule is O=C(O)C1CN(C(=O)c2ccc(Br)cc2Br)C1. The summed E-state index contributed by atoms with van der Waals surface area (Å²) in [6.45, 7) is 0.577. The fraction of sp³-hybridized carbons (Fsp3) is 0.273. The maximum Gasteiger partial charge on any atom is 0.310 e. The highest BCUT2D eigenvalue weighted by Gasteiger charge is 2.36. The number of hydrogen-bond acceptors (Lipinski definition) is 2. The largest absolute Gasteiger partial charge is 0.481 e. The normalized spacial score (nSPS) is 15.5. The van der Waals surface area contributed by atoms with Gasteiger partial charge in [-0.1, -0.05) is 15.9 Å². The average Bonchev–Trinajstić information content (AvgIpc) is 2.13. The van der Waals surface area contributed by atoms with Crippen LogP contribution in [0.5, 0.6) is 0 Å². The van der Waals surface area contributed by atoms with Gasteiger partial charge in [-0.2, -0.15) is 0 Å². The maximum atomic E-state index is 12.0. The van der Waals surface area contributed by atoms with E-state index in [1.807, 2.05) is 0 Å². The topological polar surface area (TPSA) is 57.6 Å². The van der Waals surface area contributed by atoms with Crippen molar-refractivity contribution < 1.29 is 14.7 Å². The van der Waals surface area contributed by atoms with Gasteiger partial charge in [-0.3, -0.25) is 9.59 Å². The molecule has 0 spiro atoms. The zero-order valence-corrected chi connectivity index (χ0v) is 11.9. The van der Waals surface area contributed by atoms with E-state index in [1.165, 1.54) is 4.90 Å². The minimum absolute atomic E-state index is 0.137. The molecule has 0 radical (unpaired) electrons. The summed E-state index contributed by atoms with van der Waals surface area (Å²) in [5.41, 5.74) is 0.553. The van der Waals surface area contributed by atoms with Crippen LogP contribution < -0.4 is 0 Å². The maximum absolute atomic E-state index is 12.0. The summed E-state index contributed by atoms with van der Waals surface area (Å²) in [7, 11) is 0. The molecule has 0 aromatic heterocycles. The van der Waals surface area contributed by atoms with Gasteiger partial charge in [-0.05, 0) is 34.1 Å². The lowest BCUT2D eigenvalue weighted by Crippen LogP contribution is -2.53. The van der Waals surface area contributed by atoms with Gasteiger partial charge in [0.15, 0.2) is 0 Å². The van der Waals surface area contributed by atoms with Crippen molar-refractivity contribution in [3.8, 4) is 0 Å². The first-order chi connectivity index (χ1) is 7.99. The zero-order chi connectivity index (χ0) is 12.6. The molecule has 1 aromatic rings. The number of amides is 1. The molecule has 1 amide bonds. The van der Waals surface area contributed by atoms with E-state index in [1.54, 1.807) is 18.2 Å². The van der Waals surface area contributed by atoms with Gasteiger partial charge < -0.3 is 10.0 Å². The average molecular weight is 363 g/mol. The molecule has 1 heterocycles. The van der Waals surface area contributed by atoms with Crippen LogP contribution in [0.4, 0.5) is 0 Å². The molecule has 1 aliphatic heterocycles. The van der Waals surface area contributed by atoms with Crippen molar-refractivity contribution in [2.75, 3.05) is 13.1 Å². The first-order valence-electron chi connectivity index (χ1n) is 4.96. The van der Waals surface area contributed by atoms with Crippen LogP contribution in [-0.2, 0) is 4.79 Å². The predicted octanol–water partition coefficient (Wildman–Crippen LogP) is 2.37. The first kappa shape index (κ1) is 12.6. The molecule has 0 saturated carbocycles. The molecule has 17 heavy (non-hydrogen) atoms. The molecular weight excluding hydrogens is 354 g/mol.